The molecule has 0 saturated heterocycles. The van der Waals surface area contributed by atoms with Crippen LogP contribution < -0.4 is 4.74 Å². The highest BCUT2D eigenvalue weighted by Crippen LogP contribution is 2.47. The summed E-state index contributed by atoms with van der Waals surface area (Å²) in [5.74, 6) is -10.9. The maximum Gasteiger partial charge on any atom is 0.598 e. The van der Waals surface area contributed by atoms with Crippen LogP contribution in [0.3, 0.4) is 0 Å². The fourth-order valence-corrected chi connectivity index (χ4v) is 7.26. The molecule has 0 N–H and O–H groups in total. The van der Waals surface area contributed by atoms with Gasteiger partial charge in [-0.3, -0.25) is 0 Å². The van der Waals surface area contributed by atoms with Crippen LogP contribution in [0.5, 0.6) is 5.75 Å². The van der Waals surface area contributed by atoms with E-state index in [1.54, 1.807) is 67.6 Å². The first kappa shape index (κ1) is 44.9. The fraction of sp³-hybridized carbons (Fsp3) is 0.213. The summed E-state index contributed by atoms with van der Waals surface area (Å²) in [7, 11) is -1.40. The summed E-state index contributed by atoms with van der Waals surface area (Å²) < 4.78 is 158. The van der Waals surface area contributed by atoms with Crippen molar-refractivity contribution in [3.05, 3.63) is 172 Å². The molecule has 0 amide bonds. The third kappa shape index (κ3) is 9.05. The Balaban J connectivity index is 1.65. The van der Waals surface area contributed by atoms with Crippen molar-refractivity contribution in [2.24, 2.45) is 4.99 Å². The van der Waals surface area contributed by atoms with Crippen molar-refractivity contribution in [3.63, 3.8) is 0 Å². The molecule has 326 valence electrons. The summed E-state index contributed by atoms with van der Waals surface area (Å²) in [5.41, 5.74) is 6.45. The molecule has 0 fully saturated rings. The zero-order valence-corrected chi connectivity index (χ0v) is 34.0. The molecule has 7 rings (SSSR count). The second-order valence-electron chi connectivity index (χ2n) is 15.0. The fourth-order valence-electron chi connectivity index (χ4n) is 7.26. The van der Waals surface area contributed by atoms with E-state index in [2.05, 4.69) is 0 Å². The van der Waals surface area contributed by atoms with Crippen molar-refractivity contribution < 1.29 is 57.9 Å². The number of fused-ring (bicyclic) bond motifs is 1. The summed E-state index contributed by atoms with van der Waals surface area (Å²) >= 11 is 0. The van der Waals surface area contributed by atoms with Gasteiger partial charge in [-0.2, -0.15) is 43.9 Å². The van der Waals surface area contributed by atoms with Crippen LogP contribution in [-0.4, -0.2) is 62.0 Å². The maximum absolute atomic E-state index is 14.8. The highest BCUT2D eigenvalue weighted by atomic mass is 19.4. The SMILES string of the molecule is COc1ccc(-c2cc(-c3ccc(C)cc3C)c(/C(=C3\N=C(c4ccc(C)cc4)c4ccccc43)c3ccccc3)n2B(OCC(F)(F)C(F)(F)F)OCC(F)(F)C(F)(F)F)cc1. The summed E-state index contributed by atoms with van der Waals surface area (Å²) in [5, 5.41) is 0. The minimum Gasteiger partial charge on any atom is -0.497 e. The highest BCUT2D eigenvalue weighted by Gasteiger charge is 2.60. The maximum atomic E-state index is 14.8. The van der Waals surface area contributed by atoms with Crippen LogP contribution in [0.15, 0.2) is 132 Å². The molecule has 0 atom stereocenters. The number of hydrogen-bond acceptors (Lipinski definition) is 4. The first-order chi connectivity index (χ1) is 29.7. The first-order valence-electron chi connectivity index (χ1n) is 19.4. The van der Waals surface area contributed by atoms with Crippen molar-refractivity contribution in [1.82, 2.24) is 4.48 Å². The van der Waals surface area contributed by atoms with Crippen LogP contribution in [0.2, 0.25) is 0 Å². The number of aryl methyl sites for hydroxylation is 3. The van der Waals surface area contributed by atoms with Gasteiger partial charge in [-0.05, 0) is 73.4 Å². The average molecular weight is 879 g/mol. The number of rotatable bonds is 13. The molecule has 0 radical (unpaired) electrons. The quantitative estimate of drug-likeness (QED) is 0.0858. The van der Waals surface area contributed by atoms with Gasteiger partial charge in [-0.15, -0.1) is 0 Å². The minimum atomic E-state index is -6.21. The number of aromatic nitrogens is 1. The van der Waals surface area contributed by atoms with E-state index in [1.165, 1.54) is 37.4 Å². The van der Waals surface area contributed by atoms with E-state index in [0.29, 0.717) is 44.8 Å². The Morgan fingerprint density at radius 3 is 1.67 bits per heavy atom. The summed E-state index contributed by atoms with van der Waals surface area (Å²) in [6.07, 6.45) is -12.4. The Bertz CT molecular complexity index is 2640. The number of hydrogen-bond donors (Lipinski definition) is 0. The van der Waals surface area contributed by atoms with Gasteiger partial charge in [-0.25, -0.2) is 4.99 Å². The molecule has 16 heteroatoms. The van der Waals surface area contributed by atoms with Gasteiger partial charge in [0, 0.05) is 33.5 Å². The standard InChI is InChI=1S/C47H37BF10N2O3/c1-28-14-17-33(18-15-28)41-36-12-8-9-13-37(36)42(59-41)40(32-10-6-5-7-11-32)43-38(35-23-16-29(2)24-30(35)3)25-39(31-19-21-34(61-4)22-20-31)60(43)48(62-26-44(49,50)46(53,54)55)63-27-45(51,52)47(56,57)58/h5-25H,26-27H2,1-4H3/b42-40-. The molecule has 6 aromatic rings. The number of nitrogens with zero attached hydrogens (tertiary/aromatic N) is 2. The Morgan fingerprint density at radius 1 is 0.571 bits per heavy atom. The summed E-state index contributed by atoms with van der Waals surface area (Å²) in [6.45, 7) is 0.466. The van der Waals surface area contributed by atoms with E-state index < -0.39 is 44.7 Å². The molecule has 0 bridgehead atoms. The third-order valence-electron chi connectivity index (χ3n) is 10.5. The van der Waals surface area contributed by atoms with Gasteiger partial charge >= 0.3 is 31.5 Å². The predicted octanol–water partition coefficient (Wildman–Crippen LogP) is 12.8. The highest BCUT2D eigenvalue weighted by molar-refractivity contribution is 6.44. The van der Waals surface area contributed by atoms with E-state index in [4.69, 9.17) is 19.0 Å². The molecule has 1 aliphatic rings. The lowest BCUT2D eigenvalue weighted by Gasteiger charge is -2.27. The predicted molar refractivity (Wildman–Crippen MR) is 222 cm³/mol. The van der Waals surface area contributed by atoms with Crippen molar-refractivity contribution >= 4 is 24.2 Å². The smallest absolute Gasteiger partial charge is 0.497 e. The largest absolute Gasteiger partial charge is 0.598 e. The van der Waals surface area contributed by atoms with Crippen molar-refractivity contribution in [2.45, 2.75) is 45.0 Å². The second kappa shape index (κ2) is 17.2. The van der Waals surface area contributed by atoms with Crippen LogP contribution >= 0.6 is 0 Å². The van der Waals surface area contributed by atoms with Gasteiger partial charge in [0.05, 0.1) is 24.2 Å². The molecule has 1 aromatic heterocycles. The minimum absolute atomic E-state index is 0.0756. The molecule has 0 unspecified atom stereocenters. The van der Waals surface area contributed by atoms with E-state index in [0.717, 1.165) is 15.6 Å². The first-order valence-corrected chi connectivity index (χ1v) is 19.4. The van der Waals surface area contributed by atoms with Gasteiger partial charge in [-0.1, -0.05) is 108 Å². The Hall–Kier alpha value is -6.13. The number of aliphatic imine (C=N–C) groups is 1. The number of halogens is 10. The van der Waals surface area contributed by atoms with Gasteiger partial charge in [0.15, 0.2) is 0 Å². The monoisotopic (exact) mass is 878 g/mol. The van der Waals surface area contributed by atoms with Gasteiger partial charge in [0.1, 0.15) is 19.0 Å². The Morgan fingerprint density at radius 2 is 1.11 bits per heavy atom. The van der Waals surface area contributed by atoms with Gasteiger partial charge < -0.3 is 18.5 Å². The summed E-state index contributed by atoms with van der Waals surface area (Å²) in [4.78, 5) is 5.17. The van der Waals surface area contributed by atoms with Crippen molar-refractivity contribution in [1.29, 1.82) is 0 Å². The second-order valence-corrected chi connectivity index (χ2v) is 15.0. The van der Waals surface area contributed by atoms with Crippen LogP contribution in [0.1, 0.15) is 44.6 Å². The molecule has 0 aliphatic carbocycles. The molecular weight excluding hydrogens is 841 g/mol. The number of ether oxygens (including phenoxy) is 1. The van der Waals surface area contributed by atoms with Gasteiger partial charge in [0.25, 0.3) is 0 Å². The van der Waals surface area contributed by atoms with Crippen molar-refractivity contribution in [2.75, 3.05) is 20.3 Å². The average Bonchev–Trinajstić information content (AvgIpc) is 3.80. The zero-order chi connectivity index (χ0) is 45.5. The topological polar surface area (TPSA) is 45.0 Å². The van der Waals surface area contributed by atoms with Crippen LogP contribution in [0, 0.1) is 20.8 Å². The lowest BCUT2D eigenvalue weighted by Crippen LogP contribution is -2.48. The normalized spacial score (nSPS) is 14.1. The third-order valence-corrected chi connectivity index (χ3v) is 10.5. The molecule has 0 saturated carbocycles. The number of methoxy groups -OCH3 is 1. The molecule has 5 nitrogen and oxygen atoms in total. The molecule has 0 spiro atoms. The van der Waals surface area contributed by atoms with E-state index >= 15 is 0 Å². The molecule has 63 heavy (non-hydrogen) atoms. The van der Waals surface area contributed by atoms with Crippen molar-refractivity contribution in [3.8, 4) is 28.1 Å². The number of benzene rings is 5. The lowest BCUT2D eigenvalue weighted by atomic mass is 9.89. The molecule has 5 aromatic carbocycles. The Kier molecular flexibility index (Phi) is 12.3. The lowest BCUT2D eigenvalue weighted by molar-refractivity contribution is -0.295. The van der Waals surface area contributed by atoms with E-state index in [-0.39, 0.29) is 33.8 Å². The summed E-state index contributed by atoms with van der Waals surface area (Å²) in [6, 6.07) is 35.8. The van der Waals surface area contributed by atoms with E-state index in [1.807, 2.05) is 50.2 Å². The van der Waals surface area contributed by atoms with Crippen LogP contribution in [-0.2, 0) is 9.31 Å². The van der Waals surface area contributed by atoms with Crippen LogP contribution in [0.25, 0.3) is 33.7 Å². The molecular formula is C47H37BF10N2O3. The molecule has 1 aliphatic heterocycles. The Labute approximate surface area is 356 Å². The van der Waals surface area contributed by atoms with Gasteiger partial charge in [0.2, 0.25) is 0 Å². The zero-order valence-electron chi connectivity index (χ0n) is 34.0. The van der Waals surface area contributed by atoms with E-state index in [9.17, 15) is 43.9 Å². The van der Waals surface area contributed by atoms with Crippen LogP contribution in [0.4, 0.5) is 43.9 Å². The molecule has 2 heterocycles. The number of alkyl halides is 10.